The fraction of sp³-hybridized carbons (Fsp3) is 0.158. The second kappa shape index (κ2) is 9.30. The zero-order valence-corrected chi connectivity index (χ0v) is 13.5. The van der Waals surface area contributed by atoms with Gasteiger partial charge < -0.3 is 14.6 Å². The zero-order chi connectivity index (χ0) is 17.2. The van der Waals surface area contributed by atoms with Crippen LogP contribution in [0, 0.1) is 5.82 Å². The van der Waals surface area contributed by atoms with E-state index in [4.69, 9.17) is 14.6 Å². The number of rotatable bonds is 4. The first-order valence-corrected chi connectivity index (χ1v) is 6.98. The second-order valence-corrected chi connectivity index (χ2v) is 4.63. The molecular weight excluding hydrogens is 295 g/mol. The molecule has 0 aromatic heterocycles. The van der Waals surface area contributed by atoms with Crippen molar-refractivity contribution in [1.29, 1.82) is 0 Å². The molecule has 0 heterocycles. The molecule has 0 spiro atoms. The van der Waals surface area contributed by atoms with Gasteiger partial charge in [0.05, 0.1) is 20.0 Å². The summed E-state index contributed by atoms with van der Waals surface area (Å²) in [5, 5.41) is 8.34. The van der Waals surface area contributed by atoms with Crippen LogP contribution in [0.25, 0.3) is 11.1 Å². The van der Waals surface area contributed by atoms with Gasteiger partial charge in [-0.25, -0.2) is 4.39 Å². The summed E-state index contributed by atoms with van der Waals surface area (Å²) in [6, 6.07) is 12.4. The Balaban J connectivity index is 0.000000379. The van der Waals surface area contributed by atoms with Crippen LogP contribution in [0.2, 0.25) is 0 Å². The van der Waals surface area contributed by atoms with Crippen LogP contribution >= 0.6 is 0 Å². The molecule has 1 N–H and O–H groups in total. The van der Waals surface area contributed by atoms with E-state index in [2.05, 4.69) is 6.58 Å². The highest BCUT2D eigenvalue weighted by molar-refractivity contribution is 5.66. The van der Waals surface area contributed by atoms with E-state index in [1.165, 1.54) is 25.3 Å². The molecule has 122 valence electrons. The number of aliphatic hydroxyl groups excluding tert-OH is 1. The summed E-state index contributed by atoms with van der Waals surface area (Å²) < 4.78 is 23.6. The van der Waals surface area contributed by atoms with E-state index in [9.17, 15) is 4.39 Å². The summed E-state index contributed by atoms with van der Waals surface area (Å²) in [6.07, 6.45) is 3.06. The van der Waals surface area contributed by atoms with E-state index >= 15 is 0 Å². The monoisotopic (exact) mass is 316 g/mol. The SMILES string of the molecule is C=C/C=C(\C)O.COc1cccc(-c2ccc(OC)c(F)c2)c1. The molecule has 0 saturated carbocycles. The maximum Gasteiger partial charge on any atom is 0.165 e. The molecule has 2 aromatic carbocycles. The van der Waals surface area contributed by atoms with Crippen LogP contribution in [0.3, 0.4) is 0 Å². The molecule has 3 nitrogen and oxygen atoms in total. The van der Waals surface area contributed by atoms with E-state index in [0.717, 1.165) is 16.9 Å². The van der Waals surface area contributed by atoms with Gasteiger partial charge in [0.2, 0.25) is 0 Å². The molecule has 2 aromatic rings. The Morgan fingerprint density at radius 1 is 1.09 bits per heavy atom. The summed E-state index contributed by atoms with van der Waals surface area (Å²) in [5.41, 5.74) is 1.70. The van der Waals surface area contributed by atoms with Crippen molar-refractivity contribution in [2.45, 2.75) is 6.92 Å². The molecule has 0 aliphatic rings. The van der Waals surface area contributed by atoms with Crippen LogP contribution in [0.15, 0.2) is 67.0 Å². The van der Waals surface area contributed by atoms with Crippen LogP contribution in [0.5, 0.6) is 11.5 Å². The van der Waals surface area contributed by atoms with Crippen molar-refractivity contribution in [2.24, 2.45) is 0 Å². The van der Waals surface area contributed by atoms with Crippen molar-refractivity contribution in [3.63, 3.8) is 0 Å². The van der Waals surface area contributed by atoms with Gasteiger partial charge in [-0.05, 0) is 48.4 Å². The molecule has 0 bridgehead atoms. The Kier molecular flexibility index (Phi) is 7.40. The maximum absolute atomic E-state index is 13.6. The van der Waals surface area contributed by atoms with Crippen LogP contribution in [-0.2, 0) is 0 Å². The third kappa shape index (κ3) is 5.87. The predicted octanol–water partition coefficient (Wildman–Crippen LogP) is 5.14. The summed E-state index contributed by atoms with van der Waals surface area (Å²) in [6.45, 7) is 4.96. The van der Waals surface area contributed by atoms with E-state index in [1.807, 2.05) is 30.3 Å². The van der Waals surface area contributed by atoms with Crippen LogP contribution in [-0.4, -0.2) is 19.3 Å². The highest BCUT2D eigenvalue weighted by Gasteiger charge is 2.05. The topological polar surface area (TPSA) is 38.7 Å². The summed E-state index contributed by atoms with van der Waals surface area (Å²) >= 11 is 0. The molecule has 0 atom stereocenters. The fourth-order valence-electron chi connectivity index (χ4n) is 1.82. The van der Waals surface area contributed by atoms with E-state index in [0.29, 0.717) is 5.76 Å². The van der Waals surface area contributed by atoms with Crippen molar-refractivity contribution < 1.29 is 19.0 Å². The minimum Gasteiger partial charge on any atom is -0.513 e. The van der Waals surface area contributed by atoms with Gasteiger partial charge in [-0.15, -0.1) is 0 Å². The van der Waals surface area contributed by atoms with Crippen molar-refractivity contribution in [2.75, 3.05) is 14.2 Å². The first-order chi connectivity index (χ1) is 11.0. The molecule has 0 aliphatic carbocycles. The van der Waals surface area contributed by atoms with Gasteiger partial charge in [-0.2, -0.15) is 0 Å². The molecule has 0 unspecified atom stereocenters. The largest absolute Gasteiger partial charge is 0.513 e. The lowest BCUT2D eigenvalue weighted by atomic mass is 10.1. The lowest BCUT2D eigenvalue weighted by molar-refractivity contribution is 0.386. The summed E-state index contributed by atoms with van der Waals surface area (Å²) in [7, 11) is 3.05. The minimum absolute atomic E-state index is 0.247. The van der Waals surface area contributed by atoms with Gasteiger partial charge in [0.25, 0.3) is 0 Å². The standard InChI is InChI=1S/C14H13FO2.C5H8O/c1-16-12-5-3-4-10(8-12)11-6-7-14(17-2)13(15)9-11;1-3-4-5(2)6/h3-9H,1-2H3;3-4,6H,1H2,2H3/b;5-4+. The lowest BCUT2D eigenvalue weighted by Gasteiger charge is -2.07. The van der Waals surface area contributed by atoms with Gasteiger partial charge in [0.1, 0.15) is 5.75 Å². The van der Waals surface area contributed by atoms with Crippen molar-refractivity contribution in [1.82, 2.24) is 0 Å². The average Bonchev–Trinajstić information content (AvgIpc) is 2.55. The number of allylic oxidation sites excluding steroid dienone is 3. The van der Waals surface area contributed by atoms with Gasteiger partial charge in [-0.3, -0.25) is 0 Å². The molecule has 0 saturated heterocycles. The molecule has 4 heteroatoms. The van der Waals surface area contributed by atoms with E-state index in [1.54, 1.807) is 20.1 Å². The van der Waals surface area contributed by atoms with E-state index < -0.39 is 0 Å². The lowest BCUT2D eigenvalue weighted by Crippen LogP contribution is -1.89. The first-order valence-electron chi connectivity index (χ1n) is 6.98. The highest BCUT2D eigenvalue weighted by Crippen LogP contribution is 2.27. The molecular formula is C19H21FO3. The predicted molar refractivity (Wildman–Crippen MR) is 91.5 cm³/mol. The van der Waals surface area contributed by atoms with Gasteiger partial charge >= 0.3 is 0 Å². The molecule has 23 heavy (non-hydrogen) atoms. The summed E-state index contributed by atoms with van der Waals surface area (Å²) in [4.78, 5) is 0. The van der Waals surface area contributed by atoms with Crippen molar-refractivity contribution in [3.05, 3.63) is 72.8 Å². The number of halogens is 1. The van der Waals surface area contributed by atoms with Gasteiger partial charge in [0, 0.05) is 0 Å². The van der Waals surface area contributed by atoms with Gasteiger partial charge in [-0.1, -0.05) is 30.9 Å². The first kappa shape index (κ1) is 18.3. The Labute approximate surface area is 136 Å². The maximum atomic E-state index is 13.6. The second-order valence-electron chi connectivity index (χ2n) is 4.63. The Bertz CT molecular complexity index is 674. The Morgan fingerprint density at radius 3 is 2.26 bits per heavy atom. The normalized spacial score (nSPS) is 10.3. The summed E-state index contributed by atoms with van der Waals surface area (Å²) in [5.74, 6) is 0.924. The molecule has 0 aliphatic heterocycles. The number of methoxy groups -OCH3 is 2. The number of benzene rings is 2. The smallest absolute Gasteiger partial charge is 0.165 e. The van der Waals surface area contributed by atoms with Crippen LogP contribution in [0.4, 0.5) is 4.39 Å². The average molecular weight is 316 g/mol. The molecule has 0 radical (unpaired) electrons. The van der Waals surface area contributed by atoms with Crippen LogP contribution < -0.4 is 9.47 Å². The molecule has 0 fully saturated rings. The number of hydrogen-bond donors (Lipinski definition) is 1. The molecule has 2 rings (SSSR count). The third-order valence-electron chi connectivity index (χ3n) is 2.91. The third-order valence-corrected chi connectivity index (χ3v) is 2.91. The quantitative estimate of drug-likeness (QED) is 0.626. The number of aliphatic hydroxyl groups is 1. The van der Waals surface area contributed by atoms with Gasteiger partial charge in [0.15, 0.2) is 11.6 Å². The number of ether oxygens (including phenoxy) is 2. The van der Waals surface area contributed by atoms with Crippen LogP contribution in [0.1, 0.15) is 6.92 Å². The minimum atomic E-state index is -0.368. The molecule has 0 amide bonds. The van der Waals surface area contributed by atoms with Crippen molar-refractivity contribution >= 4 is 0 Å². The highest BCUT2D eigenvalue weighted by atomic mass is 19.1. The van der Waals surface area contributed by atoms with E-state index in [-0.39, 0.29) is 11.6 Å². The zero-order valence-electron chi connectivity index (χ0n) is 13.5. The number of hydrogen-bond acceptors (Lipinski definition) is 3. The Morgan fingerprint density at radius 2 is 1.78 bits per heavy atom. The van der Waals surface area contributed by atoms with Crippen molar-refractivity contribution in [3.8, 4) is 22.6 Å². The Hall–Kier alpha value is -2.75. The fourth-order valence-corrected chi connectivity index (χ4v) is 1.82.